The summed E-state index contributed by atoms with van der Waals surface area (Å²) in [6.07, 6.45) is 0. The van der Waals surface area contributed by atoms with Crippen LogP contribution in [0.5, 0.6) is 5.75 Å². The Balaban J connectivity index is 2.52. The van der Waals surface area contributed by atoms with Gasteiger partial charge in [-0.2, -0.15) is 10.5 Å². The number of benzene rings is 1. The van der Waals surface area contributed by atoms with Crippen LogP contribution in [0.15, 0.2) is 24.3 Å². The lowest BCUT2D eigenvalue weighted by Gasteiger charge is -1.93. The van der Waals surface area contributed by atoms with Gasteiger partial charge in [-0.05, 0) is 12.1 Å². The van der Waals surface area contributed by atoms with E-state index < -0.39 is 0 Å². The Bertz CT molecular complexity index is 1000. The number of aromatic nitrogens is 2. The summed E-state index contributed by atoms with van der Waals surface area (Å²) in [5.41, 5.74) is 8.64. The number of hydrogen-bond acceptors (Lipinski definition) is 4. The number of nitriles is 2. The number of nitrogens with two attached hydrogens (primary N) is 1. The largest absolute Gasteiger partial charge is 0.504 e. The van der Waals surface area contributed by atoms with Crippen molar-refractivity contribution in [2.24, 2.45) is 0 Å². The van der Waals surface area contributed by atoms with Crippen molar-refractivity contribution in [3.63, 3.8) is 0 Å². The summed E-state index contributed by atoms with van der Waals surface area (Å²) in [6, 6.07) is 11.4. The molecule has 0 amide bonds. The van der Waals surface area contributed by atoms with Crippen LogP contribution < -0.4 is 5.73 Å². The molecule has 0 bridgehead atoms. The maximum Gasteiger partial charge on any atom is 0.169 e. The monoisotopic (exact) mass is 261 g/mol. The first-order chi connectivity index (χ1) is 9.70. The van der Waals surface area contributed by atoms with Gasteiger partial charge in [0.15, 0.2) is 17.1 Å². The van der Waals surface area contributed by atoms with E-state index in [2.05, 4.69) is 6.07 Å². The second kappa shape index (κ2) is 3.14. The van der Waals surface area contributed by atoms with Gasteiger partial charge in [0.25, 0.3) is 0 Å². The molecule has 1 aromatic carbocycles. The average molecular weight is 261 g/mol. The number of hydrogen-bond donors (Lipinski definition) is 2. The quantitative estimate of drug-likeness (QED) is 0.503. The van der Waals surface area contributed by atoms with E-state index in [0.29, 0.717) is 11.0 Å². The van der Waals surface area contributed by atoms with Crippen LogP contribution in [0.2, 0.25) is 0 Å². The molecule has 0 radical (unpaired) electrons. The third-order valence-electron chi connectivity index (χ3n) is 3.66. The smallest absolute Gasteiger partial charge is 0.169 e. The second-order valence-electron chi connectivity index (χ2n) is 4.54. The molecule has 3 heterocycles. The molecule has 20 heavy (non-hydrogen) atoms. The SMILES string of the molecule is N#Cc1c(N)c2c(O)c(C#N)n3c4ccccc4n1c23. The number of para-hydroxylation sites is 2. The number of nitrogens with zero attached hydrogens (tertiary/aromatic N) is 4. The number of rotatable bonds is 0. The molecule has 94 valence electrons. The molecular weight excluding hydrogens is 254 g/mol. The van der Waals surface area contributed by atoms with Crippen molar-refractivity contribution in [1.29, 1.82) is 10.5 Å². The van der Waals surface area contributed by atoms with Gasteiger partial charge >= 0.3 is 0 Å². The molecule has 0 spiro atoms. The maximum atomic E-state index is 10.2. The number of anilines is 1. The van der Waals surface area contributed by atoms with Gasteiger partial charge in [0.05, 0.1) is 22.1 Å². The molecule has 3 aromatic heterocycles. The van der Waals surface area contributed by atoms with Crippen LogP contribution in [0, 0.1) is 22.7 Å². The van der Waals surface area contributed by atoms with E-state index in [9.17, 15) is 15.6 Å². The fourth-order valence-electron chi connectivity index (χ4n) is 2.88. The molecule has 0 aliphatic heterocycles. The molecule has 6 heteroatoms. The molecule has 4 rings (SSSR count). The lowest BCUT2D eigenvalue weighted by Crippen LogP contribution is -1.90. The van der Waals surface area contributed by atoms with Gasteiger partial charge in [-0.25, -0.2) is 0 Å². The van der Waals surface area contributed by atoms with Gasteiger partial charge < -0.3 is 10.8 Å². The Morgan fingerprint density at radius 2 is 1.55 bits per heavy atom. The highest BCUT2D eigenvalue weighted by Gasteiger charge is 2.28. The first-order valence-corrected chi connectivity index (χ1v) is 5.88. The standard InChI is InChI=1S/C14H7N5O/c15-5-9-12(17)11-13(20)10(6-16)19-8-4-2-1-3-7(8)18(9)14(11)19/h1-4,20H,17H2. The van der Waals surface area contributed by atoms with Crippen molar-refractivity contribution in [3.05, 3.63) is 35.7 Å². The summed E-state index contributed by atoms with van der Waals surface area (Å²) in [6.45, 7) is 0. The molecule has 0 aliphatic rings. The van der Waals surface area contributed by atoms with Gasteiger partial charge in [0.2, 0.25) is 0 Å². The summed E-state index contributed by atoms with van der Waals surface area (Å²) >= 11 is 0. The summed E-state index contributed by atoms with van der Waals surface area (Å²) in [4.78, 5) is 0. The van der Waals surface area contributed by atoms with Gasteiger partial charge in [0.1, 0.15) is 17.8 Å². The molecule has 4 aromatic rings. The molecule has 0 aliphatic carbocycles. The Kier molecular flexibility index (Phi) is 1.65. The predicted octanol–water partition coefficient (Wildman–Crippen LogP) is 1.81. The summed E-state index contributed by atoms with van der Waals surface area (Å²) < 4.78 is 3.32. The normalized spacial score (nSPS) is 11.3. The highest BCUT2D eigenvalue weighted by Crippen LogP contribution is 2.42. The van der Waals surface area contributed by atoms with Crippen molar-refractivity contribution < 1.29 is 5.11 Å². The zero-order valence-electron chi connectivity index (χ0n) is 10.1. The van der Waals surface area contributed by atoms with Crippen LogP contribution in [0.3, 0.4) is 0 Å². The van der Waals surface area contributed by atoms with Crippen LogP contribution >= 0.6 is 0 Å². The highest BCUT2D eigenvalue weighted by molar-refractivity contribution is 6.06. The lowest BCUT2D eigenvalue weighted by molar-refractivity contribution is 0.479. The molecule has 6 nitrogen and oxygen atoms in total. The minimum absolute atomic E-state index is 0.130. The van der Waals surface area contributed by atoms with E-state index in [1.807, 2.05) is 30.3 Å². The molecule has 0 saturated carbocycles. The Morgan fingerprint density at radius 3 is 2.10 bits per heavy atom. The predicted molar refractivity (Wildman–Crippen MR) is 72.6 cm³/mol. The van der Waals surface area contributed by atoms with E-state index in [1.54, 1.807) is 8.80 Å². The maximum absolute atomic E-state index is 10.2. The first-order valence-electron chi connectivity index (χ1n) is 5.88. The lowest BCUT2D eigenvalue weighted by atomic mass is 10.2. The number of aromatic hydroxyl groups is 1. The summed E-state index contributed by atoms with van der Waals surface area (Å²) in [5.74, 6) is -0.176. The van der Waals surface area contributed by atoms with Crippen LogP contribution in [-0.4, -0.2) is 13.9 Å². The third-order valence-corrected chi connectivity index (χ3v) is 3.66. The highest BCUT2D eigenvalue weighted by atomic mass is 16.3. The van der Waals surface area contributed by atoms with E-state index in [0.717, 1.165) is 11.0 Å². The average Bonchev–Trinajstić information content (AvgIpc) is 3.03. The molecule has 0 fully saturated rings. The van der Waals surface area contributed by atoms with Crippen molar-refractivity contribution in [1.82, 2.24) is 8.80 Å². The topological polar surface area (TPSA) is 103 Å². The van der Waals surface area contributed by atoms with Crippen molar-refractivity contribution in [2.75, 3.05) is 5.73 Å². The van der Waals surface area contributed by atoms with Gasteiger partial charge in [0, 0.05) is 0 Å². The van der Waals surface area contributed by atoms with Crippen molar-refractivity contribution in [3.8, 4) is 17.9 Å². The van der Waals surface area contributed by atoms with Crippen molar-refractivity contribution >= 4 is 27.8 Å². The number of imidazole rings is 1. The fraction of sp³-hybridized carbons (Fsp3) is 0. The van der Waals surface area contributed by atoms with E-state index in [-0.39, 0.29) is 22.8 Å². The van der Waals surface area contributed by atoms with E-state index >= 15 is 0 Å². The molecule has 3 N–H and O–H groups in total. The Morgan fingerprint density at radius 1 is 1.00 bits per heavy atom. The van der Waals surface area contributed by atoms with Gasteiger partial charge in [-0.1, -0.05) is 12.1 Å². The molecular formula is C14H7N5O. The van der Waals surface area contributed by atoms with Crippen LogP contribution in [0.1, 0.15) is 11.4 Å². The zero-order chi connectivity index (χ0) is 14.0. The van der Waals surface area contributed by atoms with Gasteiger partial charge in [-0.15, -0.1) is 0 Å². The number of fused-ring (bicyclic) bond motifs is 3. The van der Waals surface area contributed by atoms with Crippen LogP contribution in [0.4, 0.5) is 5.69 Å². The second-order valence-corrected chi connectivity index (χ2v) is 4.54. The zero-order valence-corrected chi connectivity index (χ0v) is 10.1. The molecule has 0 unspecified atom stereocenters. The summed E-state index contributed by atoms with van der Waals surface area (Å²) in [7, 11) is 0. The van der Waals surface area contributed by atoms with Crippen LogP contribution in [-0.2, 0) is 0 Å². The van der Waals surface area contributed by atoms with E-state index in [1.165, 1.54) is 0 Å². The fourth-order valence-corrected chi connectivity index (χ4v) is 2.88. The Hall–Kier alpha value is -3.38. The van der Waals surface area contributed by atoms with Crippen molar-refractivity contribution in [2.45, 2.75) is 0 Å². The van der Waals surface area contributed by atoms with Crippen LogP contribution in [0.25, 0.3) is 22.1 Å². The van der Waals surface area contributed by atoms with Gasteiger partial charge in [-0.3, -0.25) is 8.80 Å². The Labute approximate surface area is 112 Å². The minimum atomic E-state index is -0.176. The minimum Gasteiger partial charge on any atom is -0.504 e. The molecule has 0 saturated heterocycles. The molecule has 0 atom stereocenters. The van der Waals surface area contributed by atoms with E-state index in [4.69, 9.17) is 5.73 Å². The summed E-state index contributed by atoms with van der Waals surface area (Å²) in [5, 5.41) is 29.1. The first kappa shape index (κ1) is 10.5. The number of nitrogen functional groups attached to an aromatic ring is 1. The third kappa shape index (κ3) is 0.877.